The van der Waals surface area contributed by atoms with Crippen molar-refractivity contribution in [2.75, 3.05) is 17.4 Å². The Hall–Kier alpha value is -4.67. The fourth-order valence-corrected chi connectivity index (χ4v) is 9.56. The van der Waals surface area contributed by atoms with Gasteiger partial charge in [0.15, 0.2) is 5.82 Å². The molecule has 282 valence electrons. The quantitative estimate of drug-likeness (QED) is 0.114. The van der Waals surface area contributed by atoms with Gasteiger partial charge in [-0.05, 0) is 95.4 Å². The number of alkyl halides is 3. The number of aromatic nitrogens is 1. The molecule has 3 heterocycles. The average Bonchev–Trinajstić information content (AvgIpc) is 3.53. The van der Waals surface area contributed by atoms with Gasteiger partial charge >= 0.3 is 6.18 Å². The third-order valence-electron chi connectivity index (χ3n) is 11.2. The Balaban J connectivity index is 1.32. The van der Waals surface area contributed by atoms with Gasteiger partial charge in [-0.2, -0.15) is 18.2 Å². The molecule has 55 heavy (non-hydrogen) atoms. The second-order valence-electron chi connectivity index (χ2n) is 13.8. The Kier molecular flexibility index (Phi) is 9.16. The molecule has 8 rings (SSSR count). The number of hydrazine groups is 1. The number of imide groups is 2. The van der Waals surface area contributed by atoms with Gasteiger partial charge in [-0.15, -0.1) is 0 Å². The number of anilines is 2. The molecule has 4 amide bonds. The summed E-state index contributed by atoms with van der Waals surface area (Å²) in [7, 11) is 1.42. The number of nitrogens with zero attached hydrogens (tertiary/aromatic N) is 3. The van der Waals surface area contributed by atoms with Gasteiger partial charge in [0.1, 0.15) is 11.5 Å². The zero-order chi connectivity index (χ0) is 39.1. The summed E-state index contributed by atoms with van der Waals surface area (Å²) in [4.78, 5) is 63.6. The van der Waals surface area contributed by atoms with Crippen molar-refractivity contribution in [2.45, 2.75) is 30.4 Å². The molecule has 10 nitrogen and oxygen atoms in total. The van der Waals surface area contributed by atoms with E-state index in [1.807, 2.05) is 6.08 Å². The molecule has 2 saturated heterocycles. The molecule has 16 heteroatoms. The molecule has 1 saturated carbocycles. The number of phenolic OH excluding ortho intramolecular Hbond substituents is 1. The van der Waals surface area contributed by atoms with Crippen LogP contribution in [0.3, 0.4) is 0 Å². The van der Waals surface area contributed by atoms with Crippen LogP contribution in [0.15, 0.2) is 90.6 Å². The van der Waals surface area contributed by atoms with Gasteiger partial charge in [-0.25, -0.2) is 4.98 Å². The summed E-state index contributed by atoms with van der Waals surface area (Å²) in [6, 6.07) is 18.5. The SMILES string of the molecule is COc1ccc(C2C3=CCC4C(=O)N(c5ccc(I)cc5)C(=O)C4C3CC3C(=O)N(Nc4ncc(C(F)(F)F)cc4Cl)C(=O)C32c2ccc(Cl)cc2)c(O)c1. The summed E-state index contributed by atoms with van der Waals surface area (Å²) in [5.74, 6) is -7.48. The topological polar surface area (TPSA) is 129 Å². The first-order chi connectivity index (χ1) is 26.2. The number of hydrogen-bond donors (Lipinski definition) is 2. The number of phenols is 1. The highest BCUT2D eigenvalue weighted by Crippen LogP contribution is 2.65. The van der Waals surface area contributed by atoms with Crippen LogP contribution in [0.5, 0.6) is 11.5 Å². The number of benzene rings is 3. The maximum atomic E-state index is 15.3. The molecule has 0 bridgehead atoms. The van der Waals surface area contributed by atoms with Crippen LogP contribution in [-0.4, -0.2) is 45.8 Å². The van der Waals surface area contributed by atoms with E-state index < -0.39 is 69.5 Å². The first kappa shape index (κ1) is 37.3. The highest BCUT2D eigenvalue weighted by Gasteiger charge is 2.70. The lowest BCUT2D eigenvalue weighted by molar-refractivity contribution is -0.139. The van der Waals surface area contributed by atoms with Gasteiger partial charge < -0.3 is 9.84 Å². The third kappa shape index (κ3) is 5.77. The molecule has 6 unspecified atom stereocenters. The third-order valence-corrected chi connectivity index (χ3v) is 12.4. The summed E-state index contributed by atoms with van der Waals surface area (Å²) in [6.45, 7) is 0. The number of methoxy groups -OCH3 is 1. The van der Waals surface area contributed by atoms with Crippen molar-refractivity contribution in [2.24, 2.45) is 23.7 Å². The number of nitrogens with one attached hydrogen (secondary N) is 1. The summed E-state index contributed by atoms with van der Waals surface area (Å²) < 4.78 is 46.7. The highest BCUT2D eigenvalue weighted by atomic mass is 127. The number of carbonyl (C=O) groups is 4. The standard InChI is InChI=1S/C39H28Cl2F3IN4O6/c1-55-23-10-11-25(30(50)15-23)32-24-12-13-26-31(36(53)48(34(26)51)22-8-6-21(45)7-9-22)27(24)16-28-35(52)49(37(54)38(28,32)18-2-4-20(40)5-3-18)47-33-29(41)14-19(17-46-33)39(42,43)44/h2-12,14-15,17,26-28,31-32,50H,13,16H2,1H3,(H,46,47). The second-order valence-corrected chi connectivity index (χ2v) is 15.9. The minimum absolute atomic E-state index is 0.0699. The van der Waals surface area contributed by atoms with Gasteiger partial charge in [0.25, 0.3) is 11.8 Å². The molecule has 0 spiro atoms. The van der Waals surface area contributed by atoms with E-state index in [0.717, 1.165) is 3.57 Å². The molecule has 3 aromatic carbocycles. The Morgan fingerprint density at radius 1 is 0.945 bits per heavy atom. The smallest absolute Gasteiger partial charge is 0.417 e. The molecule has 1 aromatic heterocycles. The van der Waals surface area contributed by atoms with Crippen molar-refractivity contribution in [3.05, 3.63) is 121 Å². The van der Waals surface area contributed by atoms with E-state index in [-0.39, 0.29) is 35.9 Å². The highest BCUT2D eigenvalue weighted by molar-refractivity contribution is 14.1. The number of rotatable bonds is 6. The van der Waals surface area contributed by atoms with Gasteiger partial charge in [0.05, 0.1) is 46.6 Å². The minimum Gasteiger partial charge on any atom is -0.508 e. The van der Waals surface area contributed by atoms with E-state index in [1.54, 1.807) is 60.7 Å². The number of amides is 4. The maximum absolute atomic E-state index is 15.3. The van der Waals surface area contributed by atoms with Crippen molar-refractivity contribution in [1.29, 1.82) is 0 Å². The fraction of sp³-hybridized carbons (Fsp3) is 0.256. The van der Waals surface area contributed by atoms with Crippen molar-refractivity contribution in [3.8, 4) is 11.5 Å². The van der Waals surface area contributed by atoms with Gasteiger partial charge in [-0.1, -0.05) is 53.1 Å². The summed E-state index contributed by atoms with van der Waals surface area (Å²) in [5.41, 5.74) is 1.24. The lowest BCUT2D eigenvalue weighted by Gasteiger charge is -2.50. The number of fused-ring (bicyclic) bond motifs is 4. The number of hydrogen-bond acceptors (Lipinski definition) is 8. The molecule has 4 aliphatic rings. The molecule has 4 aromatic rings. The van der Waals surface area contributed by atoms with Gasteiger partial charge in [-0.3, -0.25) is 29.5 Å². The van der Waals surface area contributed by atoms with Crippen LogP contribution in [0.1, 0.15) is 35.4 Å². The first-order valence-electron chi connectivity index (χ1n) is 17.0. The van der Waals surface area contributed by atoms with Crippen molar-refractivity contribution in [3.63, 3.8) is 0 Å². The summed E-state index contributed by atoms with van der Waals surface area (Å²) in [5, 5.41) is 12.2. The van der Waals surface area contributed by atoms with E-state index in [4.69, 9.17) is 27.9 Å². The Bertz CT molecular complexity index is 2330. The minimum atomic E-state index is -4.76. The van der Waals surface area contributed by atoms with Crippen LogP contribution < -0.4 is 15.1 Å². The molecule has 0 radical (unpaired) electrons. The predicted molar refractivity (Wildman–Crippen MR) is 203 cm³/mol. The van der Waals surface area contributed by atoms with Crippen LogP contribution >= 0.6 is 45.8 Å². The van der Waals surface area contributed by atoms with Crippen molar-refractivity contribution in [1.82, 2.24) is 9.99 Å². The zero-order valence-corrected chi connectivity index (χ0v) is 32.2. The van der Waals surface area contributed by atoms with E-state index in [9.17, 15) is 32.7 Å². The van der Waals surface area contributed by atoms with Crippen LogP contribution in [0, 0.1) is 27.2 Å². The molecular formula is C39H28Cl2F3IN4O6. The number of halogens is 6. The van der Waals surface area contributed by atoms with Crippen LogP contribution in [-0.2, 0) is 30.8 Å². The molecule has 6 atom stereocenters. The zero-order valence-electron chi connectivity index (χ0n) is 28.5. The molecule has 3 fully saturated rings. The first-order valence-corrected chi connectivity index (χ1v) is 18.8. The van der Waals surface area contributed by atoms with E-state index in [2.05, 4.69) is 33.0 Å². The Morgan fingerprint density at radius 2 is 1.65 bits per heavy atom. The summed E-state index contributed by atoms with van der Waals surface area (Å²) >= 11 is 14.7. The maximum Gasteiger partial charge on any atom is 0.417 e. The number of allylic oxidation sites excluding steroid dienone is 2. The second kappa shape index (κ2) is 13.5. The fourth-order valence-electron chi connectivity index (χ4n) is 8.87. The lowest BCUT2D eigenvalue weighted by atomic mass is 9.49. The van der Waals surface area contributed by atoms with Gasteiger partial charge in [0.2, 0.25) is 11.8 Å². The Labute approximate surface area is 335 Å². The average molecular weight is 903 g/mol. The van der Waals surface area contributed by atoms with Crippen molar-refractivity contribution >= 4 is 80.9 Å². The number of ether oxygens (including phenoxy) is 1. The Morgan fingerprint density at radius 3 is 2.29 bits per heavy atom. The van der Waals surface area contributed by atoms with Crippen LogP contribution in [0.25, 0.3) is 0 Å². The number of carbonyl (C=O) groups excluding carboxylic acids is 4. The van der Waals surface area contributed by atoms with Gasteiger partial charge in [0, 0.05) is 32.3 Å². The van der Waals surface area contributed by atoms with Crippen LogP contribution in [0.2, 0.25) is 10.0 Å². The summed E-state index contributed by atoms with van der Waals surface area (Å²) in [6.07, 6.45) is -2.32. The van der Waals surface area contributed by atoms with Crippen LogP contribution in [0.4, 0.5) is 24.7 Å². The largest absolute Gasteiger partial charge is 0.508 e. The molecule has 2 aliphatic heterocycles. The molecule has 2 aliphatic carbocycles. The van der Waals surface area contributed by atoms with E-state index in [1.165, 1.54) is 18.1 Å². The molecular weight excluding hydrogens is 875 g/mol. The van der Waals surface area contributed by atoms with E-state index >= 15 is 4.79 Å². The van der Waals surface area contributed by atoms with Crippen molar-refractivity contribution < 1.29 is 42.2 Å². The number of aromatic hydroxyl groups is 1. The normalized spacial score (nSPS) is 26.1. The molecule has 2 N–H and O–H groups in total. The predicted octanol–water partition coefficient (Wildman–Crippen LogP) is 7.92. The van der Waals surface area contributed by atoms with E-state index in [0.29, 0.717) is 44.9 Å². The lowest BCUT2D eigenvalue weighted by Crippen LogP contribution is -2.53. The monoisotopic (exact) mass is 902 g/mol. The number of pyridine rings is 1.